The normalized spacial score (nSPS) is 24.5. The maximum Gasteiger partial charge on any atom is 0.319 e. The number of rotatable bonds is 7. The fraction of sp³-hybridized carbons (Fsp3) is 0.432. The van der Waals surface area contributed by atoms with Gasteiger partial charge < -0.3 is 24.4 Å². The number of carbonyl (C=O) groups excluding carboxylic acids is 1. The van der Waals surface area contributed by atoms with Gasteiger partial charge in [-0.15, -0.1) is 6.42 Å². The van der Waals surface area contributed by atoms with E-state index in [-0.39, 0.29) is 74.8 Å². The minimum atomic E-state index is -1.09. The number of methoxy groups -OCH3 is 1. The molecular formula is C37H35F4N5O4. The van der Waals surface area contributed by atoms with E-state index in [2.05, 4.69) is 21.1 Å². The fourth-order valence-electron chi connectivity index (χ4n) is 8.55. The van der Waals surface area contributed by atoms with E-state index in [1.807, 2.05) is 4.90 Å². The number of aromatic nitrogens is 2. The number of hydrogen-bond donors (Lipinski definition) is 1. The molecule has 0 aliphatic carbocycles. The van der Waals surface area contributed by atoms with Gasteiger partial charge in [0.25, 0.3) is 0 Å². The number of fused-ring (bicyclic) bond motifs is 5. The second-order valence-electron chi connectivity index (χ2n) is 13.7. The van der Waals surface area contributed by atoms with E-state index in [9.17, 15) is 9.18 Å². The highest BCUT2D eigenvalue weighted by Gasteiger charge is 2.49. The second-order valence-corrected chi connectivity index (χ2v) is 13.7. The van der Waals surface area contributed by atoms with Crippen molar-refractivity contribution < 1.29 is 36.6 Å². The molecule has 0 radical (unpaired) electrons. The van der Waals surface area contributed by atoms with Crippen molar-refractivity contribution in [1.82, 2.24) is 20.2 Å². The lowest BCUT2D eigenvalue weighted by molar-refractivity contribution is -0.131. The minimum absolute atomic E-state index is 0.00837. The zero-order valence-corrected chi connectivity index (χ0v) is 27.6. The highest BCUT2D eigenvalue weighted by Crippen LogP contribution is 2.47. The number of nitrogens with one attached hydrogen (secondary N) is 1. The molecule has 4 atom stereocenters. The molecule has 0 saturated carbocycles. The first-order valence-corrected chi connectivity index (χ1v) is 16.8. The minimum Gasteiger partial charge on any atom is -0.493 e. The van der Waals surface area contributed by atoms with Crippen LogP contribution in [0.3, 0.4) is 0 Å². The summed E-state index contributed by atoms with van der Waals surface area (Å²) in [6, 6.07) is 5.37. The Morgan fingerprint density at radius 3 is 2.60 bits per heavy atom. The van der Waals surface area contributed by atoms with E-state index < -0.39 is 40.7 Å². The zero-order valence-electron chi connectivity index (χ0n) is 27.6. The summed E-state index contributed by atoms with van der Waals surface area (Å²) < 4.78 is 81.2. The molecule has 260 valence electrons. The summed E-state index contributed by atoms with van der Waals surface area (Å²) >= 11 is 0. The molecule has 1 N–H and O–H groups in total. The lowest BCUT2D eigenvalue weighted by atomic mass is 9.92. The number of nitrogens with zero attached hydrogens (tertiary/aromatic N) is 4. The van der Waals surface area contributed by atoms with Crippen LogP contribution in [0.4, 0.5) is 23.4 Å². The molecule has 0 unspecified atom stereocenters. The predicted octanol–water partition coefficient (Wildman–Crippen LogP) is 5.68. The maximum atomic E-state index is 17.3. The summed E-state index contributed by atoms with van der Waals surface area (Å²) in [7, 11) is 1.26. The van der Waals surface area contributed by atoms with Gasteiger partial charge in [0.05, 0.1) is 29.2 Å². The Morgan fingerprint density at radius 1 is 1.10 bits per heavy atom. The molecule has 9 nitrogen and oxygen atoms in total. The zero-order chi connectivity index (χ0) is 34.9. The number of benzene rings is 3. The van der Waals surface area contributed by atoms with Gasteiger partial charge in [-0.05, 0) is 55.8 Å². The van der Waals surface area contributed by atoms with Crippen LogP contribution in [0.1, 0.15) is 44.6 Å². The van der Waals surface area contributed by atoms with Crippen LogP contribution in [-0.2, 0) is 4.79 Å². The number of terminal acetylenes is 1. The fourth-order valence-corrected chi connectivity index (χ4v) is 8.55. The smallest absolute Gasteiger partial charge is 0.319 e. The van der Waals surface area contributed by atoms with Crippen LogP contribution < -0.4 is 24.4 Å². The van der Waals surface area contributed by atoms with E-state index in [4.69, 9.17) is 25.6 Å². The molecule has 4 aliphatic rings. The van der Waals surface area contributed by atoms with E-state index in [0.29, 0.717) is 26.1 Å². The van der Waals surface area contributed by atoms with Gasteiger partial charge >= 0.3 is 12.0 Å². The number of hydrogen-bond acceptors (Lipinski definition) is 9. The van der Waals surface area contributed by atoms with Crippen molar-refractivity contribution in [2.75, 3.05) is 44.8 Å². The quantitative estimate of drug-likeness (QED) is 0.114. The Morgan fingerprint density at radius 2 is 1.88 bits per heavy atom. The van der Waals surface area contributed by atoms with E-state index in [1.54, 1.807) is 0 Å². The van der Waals surface area contributed by atoms with Crippen molar-refractivity contribution in [3.05, 3.63) is 47.3 Å². The first kappa shape index (κ1) is 32.5. The molecule has 4 aliphatic heterocycles. The molecule has 4 aromatic rings. The van der Waals surface area contributed by atoms with Crippen LogP contribution in [-0.4, -0.2) is 84.5 Å². The van der Waals surface area contributed by atoms with Gasteiger partial charge in [-0.1, -0.05) is 12.0 Å². The summed E-state index contributed by atoms with van der Waals surface area (Å²) in [5, 5.41) is 3.89. The van der Waals surface area contributed by atoms with Crippen molar-refractivity contribution in [3.63, 3.8) is 0 Å². The average molecular weight is 690 g/mol. The summed E-state index contributed by atoms with van der Waals surface area (Å²) in [5.41, 5.74) is -1.81. The third-order valence-corrected chi connectivity index (χ3v) is 10.6. The number of anilines is 1. The number of halogens is 4. The van der Waals surface area contributed by atoms with Crippen molar-refractivity contribution in [1.29, 1.82) is 0 Å². The summed E-state index contributed by atoms with van der Waals surface area (Å²) in [6.45, 7) is 3.41. The molecule has 3 aromatic carbocycles. The number of carbonyl (C=O) groups is 1. The lowest BCUT2D eigenvalue weighted by Crippen LogP contribution is -2.51. The Balaban J connectivity index is 1.36. The Bertz CT molecular complexity index is 2100. The summed E-state index contributed by atoms with van der Waals surface area (Å²) in [6.07, 6.45) is 8.59. The highest BCUT2D eigenvalue weighted by molar-refractivity contribution is 6.06. The van der Waals surface area contributed by atoms with Crippen molar-refractivity contribution in [2.45, 2.75) is 62.8 Å². The van der Waals surface area contributed by atoms with E-state index in [1.165, 1.54) is 32.2 Å². The van der Waals surface area contributed by atoms with E-state index >= 15 is 13.2 Å². The Hall–Kier alpha value is -4.67. The Labute approximate surface area is 285 Å². The average Bonchev–Trinajstić information content (AvgIpc) is 3.73. The molecular weight excluding hydrogens is 654 g/mol. The Kier molecular flexibility index (Phi) is 7.99. The van der Waals surface area contributed by atoms with E-state index in [0.717, 1.165) is 38.3 Å². The van der Waals surface area contributed by atoms with Gasteiger partial charge in [-0.3, -0.25) is 9.69 Å². The van der Waals surface area contributed by atoms with Crippen LogP contribution in [0.2, 0.25) is 0 Å². The van der Waals surface area contributed by atoms with Crippen LogP contribution >= 0.6 is 0 Å². The first-order chi connectivity index (χ1) is 24.1. The number of esters is 1. The molecule has 0 spiro atoms. The maximum absolute atomic E-state index is 17.3. The number of ether oxygens (including phenoxy) is 3. The van der Waals surface area contributed by atoms with Crippen LogP contribution in [0.5, 0.6) is 17.5 Å². The molecule has 1 aromatic heterocycles. The second kappa shape index (κ2) is 12.3. The number of alkyl halides is 1. The predicted molar refractivity (Wildman–Crippen MR) is 179 cm³/mol. The molecule has 8 rings (SSSR count). The SMILES string of the molecule is C#Cc1c(F)ccc2cc(OC(C)=O)cc(-c3c(F)c(OC)c4c(N5C[C@H]6CC[C@@H](C5)N6)nc(OC[C@@]56CCCN5C[C@H](F)C6)nc4c3F)c12. The lowest BCUT2D eigenvalue weighted by Gasteiger charge is -2.35. The molecule has 13 heteroatoms. The standard InChI is InChI=1S/C37H35F4N5O4/c1-4-25-27(39)9-6-20-12-24(50-19(2)47)13-26(28(20)25)29-31(40)33-30(34(48-3)32(29)41)35(45-16-22-7-8-23(17-45)42-22)44-36(43-33)49-18-37-10-5-11-46(37)15-21(38)14-37/h1,6,9,12-13,21-23,42H,5,7-8,10-11,14-18H2,2-3H3/t21-,22-,23+,37+/m1/s1. The van der Waals surface area contributed by atoms with Gasteiger partial charge in [0, 0.05) is 56.0 Å². The number of piperazine rings is 1. The van der Waals surface area contributed by atoms with Crippen LogP contribution in [0.15, 0.2) is 24.3 Å². The van der Waals surface area contributed by atoms with Crippen LogP contribution in [0.25, 0.3) is 32.8 Å². The highest BCUT2D eigenvalue weighted by atomic mass is 19.1. The van der Waals surface area contributed by atoms with Gasteiger partial charge in [0.1, 0.15) is 35.7 Å². The molecule has 5 heterocycles. The topological polar surface area (TPSA) is 89.0 Å². The molecule has 4 saturated heterocycles. The third kappa shape index (κ3) is 5.27. The van der Waals surface area contributed by atoms with Gasteiger partial charge in [-0.2, -0.15) is 9.97 Å². The van der Waals surface area contributed by atoms with Gasteiger partial charge in [-0.25, -0.2) is 17.6 Å². The molecule has 2 bridgehead atoms. The van der Waals surface area contributed by atoms with Crippen molar-refractivity contribution in [3.8, 4) is 41.0 Å². The third-order valence-electron chi connectivity index (χ3n) is 10.6. The summed E-state index contributed by atoms with van der Waals surface area (Å²) in [5.74, 6) is -1.44. The molecule has 50 heavy (non-hydrogen) atoms. The van der Waals surface area contributed by atoms with Crippen molar-refractivity contribution in [2.24, 2.45) is 0 Å². The monoisotopic (exact) mass is 689 g/mol. The van der Waals surface area contributed by atoms with Gasteiger partial charge in [0.15, 0.2) is 17.4 Å². The molecule has 0 amide bonds. The van der Waals surface area contributed by atoms with Crippen LogP contribution in [0, 0.1) is 29.8 Å². The van der Waals surface area contributed by atoms with Gasteiger partial charge in [0.2, 0.25) is 0 Å². The van der Waals surface area contributed by atoms with Crippen molar-refractivity contribution >= 4 is 33.5 Å². The first-order valence-electron chi connectivity index (χ1n) is 16.8. The molecule has 4 fully saturated rings. The largest absolute Gasteiger partial charge is 0.493 e. The summed E-state index contributed by atoms with van der Waals surface area (Å²) in [4.78, 5) is 25.3.